The molecule has 162 valence electrons. The van der Waals surface area contributed by atoms with Gasteiger partial charge in [-0.25, -0.2) is 4.39 Å². The quantitative estimate of drug-likeness (QED) is 0.706. The summed E-state index contributed by atoms with van der Waals surface area (Å²) < 4.78 is 13.8. The predicted octanol–water partition coefficient (Wildman–Crippen LogP) is 2.92. The zero-order valence-corrected chi connectivity index (χ0v) is 18.0. The number of nitrogens with one attached hydrogen (secondary N) is 2. The van der Waals surface area contributed by atoms with Crippen LogP contribution in [0.1, 0.15) is 44.6 Å². The van der Waals surface area contributed by atoms with Gasteiger partial charge >= 0.3 is 0 Å². The number of hydrogen-bond acceptors (Lipinski definition) is 3. The lowest BCUT2D eigenvalue weighted by molar-refractivity contribution is -0.137. The third-order valence-electron chi connectivity index (χ3n) is 6.00. The van der Waals surface area contributed by atoms with Gasteiger partial charge in [0.1, 0.15) is 5.82 Å². The van der Waals surface area contributed by atoms with Crippen LogP contribution in [0.15, 0.2) is 24.3 Å². The Hall–Kier alpha value is -1.66. The number of rotatable bonds is 7. The van der Waals surface area contributed by atoms with Crippen LogP contribution in [0.2, 0.25) is 0 Å². The highest BCUT2D eigenvalue weighted by Crippen LogP contribution is 2.20. The molecule has 0 aromatic heterocycles. The minimum Gasteiger partial charge on any atom is -0.354 e. The van der Waals surface area contributed by atoms with Crippen molar-refractivity contribution in [2.75, 3.05) is 26.2 Å². The molecule has 2 fully saturated rings. The van der Waals surface area contributed by atoms with E-state index in [2.05, 4.69) is 10.6 Å². The molecule has 5 nitrogen and oxygen atoms in total. The Balaban J connectivity index is 0.00000300. The standard InChI is InChI=1S/C22H32FN3O2.ClH/c1-16(10-11-18-7-2-3-8-19(18)23)22(28)26-13-5-6-17(15-26)14-25-21(27)20-9-4-12-24-20;/h2-3,7-8,16-17,20,24H,4-6,9-15H2,1H3,(H,25,27);1H. The molecule has 1 aromatic carbocycles. The summed E-state index contributed by atoms with van der Waals surface area (Å²) in [5.41, 5.74) is 0.668. The van der Waals surface area contributed by atoms with Gasteiger partial charge in [-0.3, -0.25) is 9.59 Å². The Morgan fingerprint density at radius 1 is 1.28 bits per heavy atom. The molecule has 2 amide bonds. The lowest BCUT2D eigenvalue weighted by atomic mass is 9.94. The van der Waals surface area contributed by atoms with Gasteiger partial charge in [0.25, 0.3) is 0 Å². The van der Waals surface area contributed by atoms with E-state index in [9.17, 15) is 14.0 Å². The number of likely N-dealkylation sites (tertiary alicyclic amines) is 1. The first-order valence-corrected chi connectivity index (χ1v) is 10.6. The number of benzene rings is 1. The van der Waals surface area contributed by atoms with Crippen LogP contribution in [-0.4, -0.2) is 48.9 Å². The van der Waals surface area contributed by atoms with Gasteiger partial charge in [0.15, 0.2) is 0 Å². The van der Waals surface area contributed by atoms with Gasteiger partial charge in [-0.05, 0) is 62.6 Å². The Bertz CT molecular complexity index is 682. The van der Waals surface area contributed by atoms with Crippen LogP contribution in [0.5, 0.6) is 0 Å². The molecule has 1 aromatic rings. The van der Waals surface area contributed by atoms with Crippen molar-refractivity contribution >= 4 is 24.2 Å². The summed E-state index contributed by atoms with van der Waals surface area (Å²) in [5, 5.41) is 6.27. The van der Waals surface area contributed by atoms with Crippen LogP contribution in [0.25, 0.3) is 0 Å². The van der Waals surface area contributed by atoms with Gasteiger partial charge in [0, 0.05) is 25.6 Å². The van der Waals surface area contributed by atoms with Crippen molar-refractivity contribution in [1.29, 1.82) is 0 Å². The van der Waals surface area contributed by atoms with Crippen molar-refractivity contribution in [3.63, 3.8) is 0 Å². The second-order valence-corrected chi connectivity index (χ2v) is 8.22. The second kappa shape index (κ2) is 11.5. The summed E-state index contributed by atoms with van der Waals surface area (Å²) in [5.74, 6) is 0.203. The molecule has 2 N–H and O–H groups in total. The van der Waals surface area contributed by atoms with E-state index in [4.69, 9.17) is 0 Å². The Morgan fingerprint density at radius 2 is 2.07 bits per heavy atom. The predicted molar refractivity (Wildman–Crippen MR) is 114 cm³/mol. The number of carbonyl (C=O) groups is 2. The van der Waals surface area contributed by atoms with Crippen molar-refractivity contribution in [3.05, 3.63) is 35.6 Å². The van der Waals surface area contributed by atoms with E-state index in [1.807, 2.05) is 17.9 Å². The molecule has 2 saturated heterocycles. The second-order valence-electron chi connectivity index (χ2n) is 8.22. The monoisotopic (exact) mass is 425 g/mol. The zero-order valence-electron chi connectivity index (χ0n) is 17.2. The molecule has 0 radical (unpaired) electrons. The molecular weight excluding hydrogens is 393 g/mol. The average Bonchev–Trinajstić information content (AvgIpc) is 3.26. The van der Waals surface area contributed by atoms with E-state index in [0.717, 1.165) is 38.8 Å². The van der Waals surface area contributed by atoms with Crippen LogP contribution < -0.4 is 10.6 Å². The van der Waals surface area contributed by atoms with Crippen molar-refractivity contribution < 1.29 is 14.0 Å². The van der Waals surface area contributed by atoms with Crippen LogP contribution in [-0.2, 0) is 16.0 Å². The minimum absolute atomic E-state index is 0. The van der Waals surface area contributed by atoms with E-state index >= 15 is 0 Å². The molecule has 2 aliphatic heterocycles. The van der Waals surface area contributed by atoms with E-state index in [1.54, 1.807) is 12.1 Å². The number of amides is 2. The number of nitrogens with zero attached hydrogens (tertiary/aromatic N) is 1. The van der Waals surface area contributed by atoms with Crippen LogP contribution in [0.4, 0.5) is 4.39 Å². The van der Waals surface area contributed by atoms with E-state index < -0.39 is 0 Å². The highest BCUT2D eigenvalue weighted by Gasteiger charge is 2.28. The first-order valence-electron chi connectivity index (χ1n) is 10.6. The van der Waals surface area contributed by atoms with E-state index in [1.165, 1.54) is 6.07 Å². The largest absolute Gasteiger partial charge is 0.354 e. The molecule has 0 aliphatic carbocycles. The third kappa shape index (κ3) is 6.68. The lowest BCUT2D eigenvalue weighted by Crippen LogP contribution is -2.47. The van der Waals surface area contributed by atoms with Crippen molar-refractivity contribution in [1.82, 2.24) is 15.5 Å². The molecule has 2 aliphatic rings. The maximum Gasteiger partial charge on any atom is 0.237 e. The molecule has 3 unspecified atom stereocenters. The number of carbonyl (C=O) groups excluding carboxylic acids is 2. The third-order valence-corrected chi connectivity index (χ3v) is 6.00. The summed E-state index contributed by atoms with van der Waals surface area (Å²) >= 11 is 0. The number of piperidine rings is 1. The summed E-state index contributed by atoms with van der Waals surface area (Å²) in [6, 6.07) is 6.70. The molecule has 0 bridgehead atoms. The minimum atomic E-state index is -0.201. The zero-order chi connectivity index (χ0) is 19.9. The fourth-order valence-electron chi connectivity index (χ4n) is 4.22. The topological polar surface area (TPSA) is 61.4 Å². The average molecular weight is 426 g/mol. The van der Waals surface area contributed by atoms with Gasteiger partial charge in [-0.15, -0.1) is 12.4 Å². The molecule has 29 heavy (non-hydrogen) atoms. The highest BCUT2D eigenvalue weighted by atomic mass is 35.5. The Morgan fingerprint density at radius 3 is 2.79 bits per heavy atom. The molecule has 2 heterocycles. The Kier molecular flexibility index (Phi) is 9.37. The number of aryl methyl sites for hydroxylation is 1. The van der Waals surface area contributed by atoms with Gasteiger partial charge in [-0.2, -0.15) is 0 Å². The number of halogens is 2. The normalized spacial score (nSPS) is 22.6. The van der Waals surface area contributed by atoms with Crippen molar-refractivity contribution in [3.8, 4) is 0 Å². The summed E-state index contributed by atoms with van der Waals surface area (Å²) in [6.07, 6.45) is 5.17. The fourth-order valence-corrected chi connectivity index (χ4v) is 4.22. The van der Waals surface area contributed by atoms with Crippen molar-refractivity contribution in [2.24, 2.45) is 11.8 Å². The highest BCUT2D eigenvalue weighted by molar-refractivity contribution is 5.85. The van der Waals surface area contributed by atoms with E-state index in [0.29, 0.717) is 37.4 Å². The molecule has 3 atom stereocenters. The first-order chi connectivity index (χ1) is 13.5. The molecule has 7 heteroatoms. The maximum absolute atomic E-state index is 13.8. The summed E-state index contributed by atoms with van der Waals surface area (Å²) in [6.45, 7) is 4.94. The maximum atomic E-state index is 13.8. The van der Waals surface area contributed by atoms with Gasteiger partial charge in [0.2, 0.25) is 11.8 Å². The smallest absolute Gasteiger partial charge is 0.237 e. The van der Waals surface area contributed by atoms with Gasteiger partial charge in [0.05, 0.1) is 6.04 Å². The van der Waals surface area contributed by atoms with Crippen LogP contribution in [0, 0.1) is 17.7 Å². The molecule has 0 spiro atoms. The molecule has 3 rings (SSSR count). The molecule has 0 saturated carbocycles. The SMILES string of the molecule is CC(CCc1ccccc1F)C(=O)N1CCCC(CNC(=O)C2CCCN2)C1.Cl. The lowest BCUT2D eigenvalue weighted by Gasteiger charge is -2.34. The van der Waals surface area contributed by atoms with Crippen LogP contribution in [0.3, 0.4) is 0 Å². The number of hydrogen-bond donors (Lipinski definition) is 2. The summed E-state index contributed by atoms with van der Waals surface area (Å²) in [7, 11) is 0. The first kappa shape index (κ1) is 23.6. The fraction of sp³-hybridized carbons (Fsp3) is 0.636. The van der Waals surface area contributed by atoms with Gasteiger partial charge in [-0.1, -0.05) is 25.1 Å². The van der Waals surface area contributed by atoms with Crippen molar-refractivity contribution in [2.45, 2.75) is 51.5 Å². The van der Waals surface area contributed by atoms with E-state index in [-0.39, 0.29) is 42.0 Å². The summed E-state index contributed by atoms with van der Waals surface area (Å²) in [4.78, 5) is 26.9. The molecular formula is C22H33ClFN3O2. The Labute approximate surface area is 179 Å². The van der Waals surface area contributed by atoms with Gasteiger partial charge < -0.3 is 15.5 Å². The van der Waals surface area contributed by atoms with Crippen LogP contribution >= 0.6 is 12.4 Å².